The van der Waals surface area contributed by atoms with E-state index in [-0.39, 0.29) is 12.3 Å². The van der Waals surface area contributed by atoms with Gasteiger partial charge in [0.1, 0.15) is 0 Å². The van der Waals surface area contributed by atoms with Gasteiger partial charge in [0.15, 0.2) is 5.69 Å². The number of aliphatic hydroxyl groups excluding tert-OH is 1. The Morgan fingerprint density at radius 1 is 1.30 bits per heavy atom. The number of carboxylic acid groups (broad SMARTS) is 1. The third-order valence-corrected chi connectivity index (χ3v) is 3.35. The standard InChI is InChI=1S/C15H18N2O3/c1-10-5-6-13(8-11(10)2)17-9-12(4-3-7-18)14(16-17)15(19)20/h5-6,8-9,18H,3-4,7H2,1-2H3,(H,19,20). The molecular weight excluding hydrogens is 256 g/mol. The van der Waals surface area contributed by atoms with Crippen LogP contribution >= 0.6 is 0 Å². The quantitative estimate of drug-likeness (QED) is 0.875. The highest BCUT2D eigenvalue weighted by atomic mass is 16.4. The summed E-state index contributed by atoms with van der Waals surface area (Å²) in [7, 11) is 0. The molecule has 20 heavy (non-hydrogen) atoms. The Kier molecular flexibility index (Phi) is 4.20. The maximum absolute atomic E-state index is 11.2. The van der Waals surface area contributed by atoms with E-state index in [1.807, 2.05) is 32.0 Å². The molecule has 2 aromatic rings. The molecule has 0 radical (unpaired) electrons. The van der Waals surface area contributed by atoms with Crippen molar-refractivity contribution in [1.82, 2.24) is 9.78 Å². The van der Waals surface area contributed by atoms with Gasteiger partial charge in [0.25, 0.3) is 0 Å². The minimum atomic E-state index is -1.04. The minimum Gasteiger partial charge on any atom is -0.476 e. The Labute approximate surface area is 117 Å². The maximum Gasteiger partial charge on any atom is 0.356 e. The SMILES string of the molecule is Cc1ccc(-n2cc(CCCO)c(C(=O)O)n2)cc1C. The molecule has 106 valence electrons. The van der Waals surface area contributed by atoms with Gasteiger partial charge in [-0.3, -0.25) is 0 Å². The Morgan fingerprint density at radius 3 is 2.65 bits per heavy atom. The second kappa shape index (κ2) is 5.88. The van der Waals surface area contributed by atoms with Crippen LogP contribution in [0.25, 0.3) is 5.69 Å². The number of aliphatic hydroxyl groups is 1. The molecule has 0 bridgehead atoms. The molecule has 1 heterocycles. The molecule has 5 heteroatoms. The second-order valence-corrected chi connectivity index (χ2v) is 4.85. The lowest BCUT2D eigenvalue weighted by Crippen LogP contribution is -2.03. The lowest BCUT2D eigenvalue weighted by atomic mass is 10.1. The normalized spacial score (nSPS) is 10.8. The first-order chi connectivity index (χ1) is 9.52. The number of nitrogens with zero attached hydrogens (tertiary/aromatic N) is 2. The average molecular weight is 274 g/mol. The molecule has 0 aliphatic heterocycles. The number of hydrogen-bond acceptors (Lipinski definition) is 3. The molecule has 2 N–H and O–H groups in total. The molecule has 2 rings (SSSR count). The molecule has 1 aromatic carbocycles. The van der Waals surface area contributed by atoms with Gasteiger partial charge in [-0.2, -0.15) is 5.10 Å². The number of carbonyl (C=O) groups is 1. The van der Waals surface area contributed by atoms with Crippen molar-refractivity contribution in [3.8, 4) is 5.69 Å². The van der Waals surface area contributed by atoms with E-state index in [4.69, 9.17) is 5.11 Å². The third kappa shape index (κ3) is 2.88. The fourth-order valence-corrected chi connectivity index (χ4v) is 2.04. The molecule has 0 saturated carbocycles. The first-order valence-electron chi connectivity index (χ1n) is 6.53. The van der Waals surface area contributed by atoms with Crippen molar-refractivity contribution in [1.29, 1.82) is 0 Å². The predicted octanol–water partition coefficient (Wildman–Crippen LogP) is 2.11. The Bertz CT molecular complexity index is 632. The molecule has 0 unspecified atom stereocenters. The van der Waals surface area contributed by atoms with Gasteiger partial charge in [-0.05, 0) is 49.9 Å². The van der Waals surface area contributed by atoms with Crippen LogP contribution in [-0.4, -0.2) is 32.6 Å². The van der Waals surface area contributed by atoms with Crippen molar-refractivity contribution in [2.75, 3.05) is 6.61 Å². The zero-order valence-corrected chi connectivity index (χ0v) is 11.6. The summed E-state index contributed by atoms with van der Waals surface area (Å²) in [4.78, 5) is 11.2. The van der Waals surface area contributed by atoms with Crippen LogP contribution in [0.2, 0.25) is 0 Å². The Morgan fingerprint density at radius 2 is 2.05 bits per heavy atom. The highest BCUT2D eigenvalue weighted by molar-refractivity contribution is 5.87. The lowest BCUT2D eigenvalue weighted by molar-refractivity contribution is 0.0688. The van der Waals surface area contributed by atoms with E-state index in [0.29, 0.717) is 18.4 Å². The zero-order chi connectivity index (χ0) is 14.7. The van der Waals surface area contributed by atoms with E-state index in [1.165, 1.54) is 5.56 Å². The summed E-state index contributed by atoms with van der Waals surface area (Å²) in [6.45, 7) is 4.07. The highest BCUT2D eigenvalue weighted by Gasteiger charge is 2.16. The number of aromatic nitrogens is 2. The molecule has 0 aliphatic carbocycles. The summed E-state index contributed by atoms with van der Waals surface area (Å²) in [6.07, 6.45) is 2.76. The minimum absolute atomic E-state index is 0.0356. The molecule has 0 saturated heterocycles. The van der Waals surface area contributed by atoms with Crippen LogP contribution in [0.3, 0.4) is 0 Å². The van der Waals surface area contributed by atoms with E-state index in [1.54, 1.807) is 10.9 Å². The average Bonchev–Trinajstić information content (AvgIpc) is 2.84. The number of hydrogen-bond donors (Lipinski definition) is 2. The van der Waals surface area contributed by atoms with Crippen molar-refractivity contribution >= 4 is 5.97 Å². The van der Waals surface area contributed by atoms with E-state index in [0.717, 1.165) is 11.3 Å². The largest absolute Gasteiger partial charge is 0.476 e. The van der Waals surface area contributed by atoms with Crippen LogP contribution in [0.1, 0.15) is 33.6 Å². The third-order valence-electron chi connectivity index (χ3n) is 3.35. The van der Waals surface area contributed by atoms with Crippen LogP contribution in [0.4, 0.5) is 0 Å². The van der Waals surface area contributed by atoms with Crippen molar-refractivity contribution in [3.05, 3.63) is 46.8 Å². The van der Waals surface area contributed by atoms with Crippen molar-refractivity contribution in [2.24, 2.45) is 0 Å². The maximum atomic E-state index is 11.2. The van der Waals surface area contributed by atoms with Gasteiger partial charge in [-0.15, -0.1) is 0 Å². The first-order valence-corrected chi connectivity index (χ1v) is 6.53. The predicted molar refractivity (Wildman–Crippen MR) is 75.4 cm³/mol. The zero-order valence-electron chi connectivity index (χ0n) is 11.6. The summed E-state index contributed by atoms with van der Waals surface area (Å²) < 4.78 is 1.59. The van der Waals surface area contributed by atoms with Crippen molar-refractivity contribution in [2.45, 2.75) is 26.7 Å². The molecular formula is C15H18N2O3. The fraction of sp³-hybridized carbons (Fsp3) is 0.333. The molecule has 0 spiro atoms. The van der Waals surface area contributed by atoms with Crippen LogP contribution in [0, 0.1) is 13.8 Å². The van der Waals surface area contributed by atoms with E-state index in [2.05, 4.69) is 5.10 Å². The number of aryl methyl sites for hydroxylation is 3. The highest BCUT2D eigenvalue weighted by Crippen LogP contribution is 2.17. The topological polar surface area (TPSA) is 75.4 Å². The van der Waals surface area contributed by atoms with Crippen molar-refractivity contribution < 1.29 is 15.0 Å². The summed E-state index contributed by atoms with van der Waals surface area (Å²) in [5.41, 5.74) is 3.85. The van der Waals surface area contributed by atoms with Gasteiger partial charge in [-0.1, -0.05) is 6.07 Å². The van der Waals surface area contributed by atoms with E-state index < -0.39 is 5.97 Å². The number of aromatic carboxylic acids is 1. The van der Waals surface area contributed by atoms with Crippen molar-refractivity contribution in [3.63, 3.8) is 0 Å². The molecule has 0 aliphatic rings. The number of carboxylic acids is 1. The van der Waals surface area contributed by atoms with Crippen LogP contribution < -0.4 is 0 Å². The summed E-state index contributed by atoms with van der Waals surface area (Å²) in [5.74, 6) is -1.04. The molecule has 0 fully saturated rings. The molecule has 5 nitrogen and oxygen atoms in total. The van der Waals surface area contributed by atoms with Gasteiger partial charge in [0.05, 0.1) is 5.69 Å². The molecule has 0 atom stereocenters. The summed E-state index contributed by atoms with van der Waals surface area (Å²) in [5, 5.41) is 22.2. The van der Waals surface area contributed by atoms with Gasteiger partial charge in [-0.25, -0.2) is 9.48 Å². The van der Waals surface area contributed by atoms with Crippen LogP contribution in [0.15, 0.2) is 24.4 Å². The Hall–Kier alpha value is -2.14. The van der Waals surface area contributed by atoms with Crippen LogP contribution in [0.5, 0.6) is 0 Å². The second-order valence-electron chi connectivity index (χ2n) is 4.85. The van der Waals surface area contributed by atoms with Gasteiger partial charge in [0, 0.05) is 18.4 Å². The summed E-state index contributed by atoms with van der Waals surface area (Å²) >= 11 is 0. The Balaban J connectivity index is 2.41. The van der Waals surface area contributed by atoms with Gasteiger partial charge >= 0.3 is 5.97 Å². The number of rotatable bonds is 5. The fourth-order valence-electron chi connectivity index (χ4n) is 2.04. The van der Waals surface area contributed by atoms with E-state index in [9.17, 15) is 9.90 Å². The van der Waals surface area contributed by atoms with Crippen LogP contribution in [-0.2, 0) is 6.42 Å². The molecule has 0 amide bonds. The summed E-state index contributed by atoms with van der Waals surface area (Å²) in [6, 6.07) is 5.88. The van der Waals surface area contributed by atoms with Gasteiger partial charge < -0.3 is 10.2 Å². The smallest absolute Gasteiger partial charge is 0.356 e. The molecule has 1 aromatic heterocycles. The lowest BCUT2D eigenvalue weighted by Gasteiger charge is -2.04. The monoisotopic (exact) mass is 274 g/mol. The first kappa shape index (κ1) is 14.3. The number of benzene rings is 1. The van der Waals surface area contributed by atoms with E-state index >= 15 is 0 Å². The van der Waals surface area contributed by atoms with Gasteiger partial charge in [0.2, 0.25) is 0 Å².